The summed E-state index contributed by atoms with van der Waals surface area (Å²) in [4.78, 5) is 24.9. The van der Waals surface area contributed by atoms with Crippen molar-refractivity contribution < 1.29 is 0 Å². The SMILES string of the molecule is C.C1=CC2=C(CC1)CCc1c2ccc2ccccc12.Nc1nc2nccnc2c(=O)[nH]1. The van der Waals surface area contributed by atoms with Gasteiger partial charge in [0.05, 0.1) is 0 Å². The highest BCUT2D eigenvalue weighted by Gasteiger charge is 2.20. The van der Waals surface area contributed by atoms with E-state index in [-0.39, 0.29) is 30.1 Å². The molecule has 0 fully saturated rings. The summed E-state index contributed by atoms with van der Waals surface area (Å²) in [6.07, 6.45) is 12.5. The first kappa shape index (κ1) is 20.5. The summed E-state index contributed by atoms with van der Waals surface area (Å²) >= 11 is 0. The molecule has 0 bridgehead atoms. The van der Waals surface area contributed by atoms with Gasteiger partial charge in [-0.05, 0) is 53.2 Å². The van der Waals surface area contributed by atoms with Crippen LogP contribution in [0.15, 0.2) is 71.3 Å². The number of fused-ring (bicyclic) bond motifs is 5. The Bertz CT molecular complexity index is 1380. The second-order valence-corrected chi connectivity index (χ2v) is 7.45. The number of nitrogens with two attached hydrogens (primary N) is 1. The van der Waals surface area contributed by atoms with Crippen molar-refractivity contribution in [2.75, 3.05) is 5.73 Å². The van der Waals surface area contributed by atoms with Gasteiger partial charge in [-0.15, -0.1) is 0 Å². The summed E-state index contributed by atoms with van der Waals surface area (Å²) in [7, 11) is 0. The Morgan fingerprint density at radius 2 is 1.81 bits per heavy atom. The fraction of sp³-hybridized carbons (Fsp3) is 0.200. The third-order valence-corrected chi connectivity index (χ3v) is 5.65. The summed E-state index contributed by atoms with van der Waals surface area (Å²) in [5.74, 6) is 0.0491. The van der Waals surface area contributed by atoms with Gasteiger partial charge in [0, 0.05) is 12.4 Å². The minimum Gasteiger partial charge on any atom is -0.369 e. The van der Waals surface area contributed by atoms with Crippen LogP contribution in [0.3, 0.4) is 0 Å². The van der Waals surface area contributed by atoms with Gasteiger partial charge in [0.25, 0.3) is 5.56 Å². The Labute approximate surface area is 180 Å². The highest BCUT2D eigenvalue weighted by atomic mass is 16.1. The van der Waals surface area contributed by atoms with E-state index in [2.05, 4.69) is 68.5 Å². The van der Waals surface area contributed by atoms with E-state index in [0.29, 0.717) is 0 Å². The third kappa shape index (κ3) is 3.84. The number of aryl methyl sites for hydroxylation is 1. The van der Waals surface area contributed by atoms with Crippen molar-refractivity contribution in [2.24, 2.45) is 0 Å². The number of aromatic amines is 1. The van der Waals surface area contributed by atoms with Gasteiger partial charge in [0.2, 0.25) is 5.95 Å². The highest BCUT2D eigenvalue weighted by molar-refractivity contribution is 5.93. The molecule has 6 heteroatoms. The molecule has 0 aliphatic heterocycles. The summed E-state index contributed by atoms with van der Waals surface area (Å²) in [5.41, 5.74) is 11.6. The van der Waals surface area contributed by atoms with Crippen LogP contribution in [0.1, 0.15) is 37.8 Å². The van der Waals surface area contributed by atoms with Crippen LogP contribution >= 0.6 is 0 Å². The molecule has 0 atom stereocenters. The molecular formula is C25H25N5O. The normalized spacial score (nSPS) is 14.3. The molecule has 4 aromatic rings. The molecule has 31 heavy (non-hydrogen) atoms. The first-order valence-corrected chi connectivity index (χ1v) is 10.1. The maximum atomic E-state index is 11.1. The van der Waals surface area contributed by atoms with E-state index in [9.17, 15) is 4.79 Å². The fourth-order valence-electron chi connectivity index (χ4n) is 4.27. The molecule has 0 amide bonds. The topological polar surface area (TPSA) is 97.5 Å². The minimum absolute atomic E-state index is 0. The van der Waals surface area contributed by atoms with E-state index in [0.717, 1.165) is 0 Å². The number of H-pyrrole nitrogens is 1. The van der Waals surface area contributed by atoms with Crippen LogP contribution in [0.5, 0.6) is 0 Å². The number of hydrogen-bond acceptors (Lipinski definition) is 5. The molecule has 0 radical (unpaired) electrons. The van der Waals surface area contributed by atoms with Crippen molar-refractivity contribution in [1.29, 1.82) is 0 Å². The predicted molar refractivity (Wildman–Crippen MR) is 127 cm³/mol. The quantitative estimate of drug-likeness (QED) is 0.432. The van der Waals surface area contributed by atoms with Crippen LogP contribution in [0.25, 0.3) is 27.5 Å². The van der Waals surface area contributed by atoms with Gasteiger partial charge in [-0.25, -0.2) is 9.97 Å². The number of rotatable bonds is 0. The van der Waals surface area contributed by atoms with E-state index in [1.54, 1.807) is 11.1 Å². The number of aromatic nitrogens is 4. The number of benzene rings is 2. The van der Waals surface area contributed by atoms with Gasteiger partial charge in [-0.2, -0.15) is 4.98 Å². The van der Waals surface area contributed by atoms with Gasteiger partial charge in [0.15, 0.2) is 11.2 Å². The van der Waals surface area contributed by atoms with Crippen molar-refractivity contribution in [3.05, 3.63) is 88.0 Å². The van der Waals surface area contributed by atoms with Crippen LogP contribution < -0.4 is 11.3 Å². The molecule has 2 heterocycles. The maximum Gasteiger partial charge on any atom is 0.280 e. The Morgan fingerprint density at radius 3 is 2.71 bits per heavy atom. The summed E-state index contributed by atoms with van der Waals surface area (Å²) in [5, 5.41) is 2.82. The van der Waals surface area contributed by atoms with Crippen LogP contribution in [0.4, 0.5) is 5.95 Å². The first-order chi connectivity index (χ1) is 14.7. The van der Waals surface area contributed by atoms with Gasteiger partial charge in [-0.1, -0.05) is 61.5 Å². The molecule has 3 N–H and O–H groups in total. The summed E-state index contributed by atoms with van der Waals surface area (Å²) in [6, 6.07) is 13.4. The van der Waals surface area contributed by atoms with Gasteiger partial charge in [0.1, 0.15) is 0 Å². The van der Waals surface area contributed by atoms with Crippen molar-refractivity contribution in [3.8, 4) is 0 Å². The average molecular weight is 412 g/mol. The van der Waals surface area contributed by atoms with Gasteiger partial charge < -0.3 is 5.73 Å². The lowest BCUT2D eigenvalue weighted by Crippen LogP contribution is -2.12. The zero-order valence-electron chi connectivity index (χ0n) is 16.4. The third-order valence-electron chi connectivity index (χ3n) is 5.65. The van der Waals surface area contributed by atoms with E-state index in [1.165, 1.54) is 60.0 Å². The molecular weight excluding hydrogens is 386 g/mol. The number of hydrogen-bond donors (Lipinski definition) is 2. The molecule has 2 aliphatic rings. The standard InChI is InChI=1S/C18H16.C6H5N5O.CH4/c1-3-7-15-13(5-1)9-11-18-16-8-4-2-6-14(16)10-12-17(15)18;7-6-10-4-3(5(12)11-6)8-1-2-9-4;/h1,3-5,7-9,11H,2,6,10,12H2;1-2H,(H3,7,9,10,11,12);1H4. The zero-order chi connectivity index (χ0) is 20.5. The summed E-state index contributed by atoms with van der Waals surface area (Å²) in [6.45, 7) is 0. The number of nitrogens with zero attached hydrogens (tertiary/aromatic N) is 3. The molecule has 2 aliphatic carbocycles. The second kappa shape index (κ2) is 8.52. The number of nitrogen functional groups attached to an aromatic ring is 1. The predicted octanol–water partition coefficient (Wildman–Crippen LogP) is 4.82. The van der Waals surface area contributed by atoms with Gasteiger partial charge >= 0.3 is 0 Å². The minimum atomic E-state index is -0.370. The lowest BCUT2D eigenvalue weighted by molar-refractivity contribution is 0.831. The average Bonchev–Trinajstić information content (AvgIpc) is 2.79. The summed E-state index contributed by atoms with van der Waals surface area (Å²) < 4.78 is 0. The van der Waals surface area contributed by atoms with Crippen molar-refractivity contribution >= 4 is 33.5 Å². The van der Waals surface area contributed by atoms with Crippen molar-refractivity contribution in [1.82, 2.24) is 19.9 Å². The lowest BCUT2D eigenvalue weighted by Gasteiger charge is -2.25. The van der Waals surface area contributed by atoms with Crippen LogP contribution in [-0.4, -0.2) is 19.9 Å². The van der Waals surface area contributed by atoms with Crippen LogP contribution in [-0.2, 0) is 6.42 Å². The van der Waals surface area contributed by atoms with Crippen LogP contribution in [0.2, 0.25) is 0 Å². The van der Waals surface area contributed by atoms with Crippen LogP contribution in [0, 0.1) is 0 Å². The molecule has 0 unspecified atom stereocenters. The Balaban J connectivity index is 0.000000156. The molecule has 0 saturated heterocycles. The fourth-order valence-corrected chi connectivity index (χ4v) is 4.27. The lowest BCUT2D eigenvalue weighted by atomic mass is 9.80. The Hall–Kier alpha value is -3.80. The monoisotopic (exact) mass is 411 g/mol. The largest absolute Gasteiger partial charge is 0.369 e. The number of allylic oxidation sites excluding steroid dienone is 4. The molecule has 6 nitrogen and oxygen atoms in total. The van der Waals surface area contributed by atoms with E-state index >= 15 is 0 Å². The molecule has 2 aromatic heterocycles. The second-order valence-electron chi connectivity index (χ2n) is 7.45. The first-order valence-electron chi connectivity index (χ1n) is 10.1. The maximum absolute atomic E-state index is 11.1. The Morgan fingerprint density at radius 1 is 0.968 bits per heavy atom. The zero-order valence-corrected chi connectivity index (χ0v) is 16.4. The molecule has 0 saturated carbocycles. The van der Waals surface area contributed by atoms with E-state index in [1.807, 2.05) is 0 Å². The smallest absolute Gasteiger partial charge is 0.280 e. The van der Waals surface area contributed by atoms with Crippen molar-refractivity contribution in [3.63, 3.8) is 0 Å². The Kier molecular flexibility index (Phi) is 5.62. The van der Waals surface area contributed by atoms with Gasteiger partial charge in [-0.3, -0.25) is 9.78 Å². The molecule has 0 spiro atoms. The number of anilines is 1. The van der Waals surface area contributed by atoms with Crippen molar-refractivity contribution in [2.45, 2.75) is 33.1 Å². The van der Waals surface area contributed by atoms with E-state index < -0.39 is 0 Å². The molecule has 156 valence electrons. The van der Waals surface area contributed by atoms with E-state index in [4.69, 9.17) is 5.73 Å². The molecule has 6 rings (SSSR count). The number of nitrogens with one attached hydrogen (secondary N) is 1. The molecule has 2 aromatic carbocycles. The highest BCUT2D eigenvalue weighted by Crippen LogP contribution is 2.39.